The summed E-state index contributed by atoms with van der Waals surface area (Å²) in [7, 11) is 0. The predicted octanol–water partition coefficient (Wildman–Crippen LogP) is 6.02. The Hall–Kier alpha value is -2.06. The van der Waals surface area contributed by atoms with Gasteiger partial charge in [-0.1, -0.05) is 34.8 Å². The molecule has 0 atom stereocenters. The summed E-state index contributed by atoms with van der Waals surface area (Å²) in [6.07, 6.45) is 0. The number of nitrogens with one attached hydrogen (secondary N) is 1. The monoisotopic (exact) mass is 467 g/mol. The Labute approximate surface area is 187 Å². The number of piperazine rings is 1. The van der Waals surface area contributed by atoms with Gasteiger partial charge in [0, 0.05) is 42.3 Å². The molecule has 3 aromatic rings. The average molecular weight is 469 g/mol. The first-order valence-corrected chi connectivity index (χ1v) is 10.4. The van der Waals surface area contributed by atoms with Crippen LogP contribution in [0.4, 0.5) is 11.4 Å². The molecule has 2 heterocycles. The van der Waals surface area contributed by atoms with E-state index in [9.17, 15) is 5.11 Å². The topological polar surface area (TPSA) is 67.2 Å². The van der Waals surface area contributed by atoms with E-state index in [0.717, 1.165) is 24.3 Å². The van der Waals surface area contributed by atoms with Crippen molar-refractivity contribution in [1.82, 2.24) is 9.88 Å². The highest BCUT2D eigenvalue weighted by Gasteiger charge is 2.20. The summed E-state index contributed by atoms with van der Waals surface area (Å²) in [4.78, 5) is 7.04. The third kappa shape index (κ3) is 4.28. The van der Waals surface area contributed by atoms with Gasteiger partial charge in [-0.05, 0) is 48.6 Å². The zero-order valence-electron chi connectivity index (χ0n) is 15.1. The van der Waals surface area contributed by atoms with Crippen molar-refractivity contribution in [1.29, 1.82) is 0 Å². The lowest BCUT2D eigenvalue weighted by Gasteiger charge is -2.36. The van der Waals surface area contributed by atoms with Crippen LogP contribution in [0.15, 0.2) is 46.6 Å². The molecule has 0 aliphatic carbocycles. The first kappa shape index (κ1) is 20.2. The van der Waals surface area contributed by atoms with Crippen LogP contribution in [-0.4, -0.2) is 46.3 Å². The summed E-state index contributed by atoms with van der Waals surface area (Å²) >= 11 is 23.6. The maximum atomic E-state index is 10.1. The van der Waals surface area contributed by atoms with Crippen molar-refractivity contribution in [3.8, 4) is 5.88 Å². The molecule has 1 aromatic heterocycles. The quantitative estimate of drug-likeness (QED) is 0.356. The van der Waals surface area contributed by atoms with Crippen molar-refractivity contribution in [3.05, 3.63) is 51.5 Å². The van der Waals surface area contributed by atoms with E-state index >= 15 is 0 Å². The maximum Gasteiger partial charge on any atom is 0.218 e. The van der Waals surface area contributed by atoms with Crippen LogP contribution in [0.5, 0.6) is 5.88 Å². The number of aromatic nitrogens is 1. The number of H-pyrrole nitrogens is 1. The normalized spacial score (nSPS) is 14.9. The minimum absolute atomic E-state index is 0.0711. The highest BCUT2D eigenvalue weighted by Crippen LogP contribution is 2.37. The van der Waals surface area contributed by atoms with Crippen LogP contribution in [0.25, 0.3) is 10.9 Å². The first-order valence-electron chi connectivity index (χ1n) is 8.83. The van der Waals surface area contributed by atoms with Crippen molar-refractivity contribution in [2.45, 2.75) is 0 Å². The highest BCUT2D eigenvalue weighted by molar-refractivity contribution is 7.80. The Kier molecular flexibility index (Phi) is 5.83. The Morgan fingerprint density at radius 1 is 1.00 bits per heavy atom. The Bertz CT molecular complexity index is 1110. The van der Waals surface area contributed by atoms with E-state index in [4.69, 9.17) is 47.0 Å². The number of thiocarbonyl (C=S) groups is 1. The van der Waals surface area contributed by atoms with Crippen LogP contribution in [0.2, 0.25) is 15.1 Å². The molecule has 0 spiro atoms. The lowest BCUT2D eigenvalue weighted by molar-refractivity contribution is 0.387. The number of azo groups is 1. The predicted molar refractivity (Wildman–Crippen MR) is 122 cm³/mol. The highest BCUT2D eigenvalue weighted by atomic mass is 35.5. The Balaban J connectivity index is 1.43. The van der Waals surface area contributed by atoms with Gasteiger partial charge in [0.05, 0.1) is 15.6 Å². The van der Waals surface area contributed by atoms with Gasteiger partial charge in [-0.15, -0.1) is 10.2 Å². The molecule has 1 saturated heterocycles. The van der Waals surface area contributed by atoms with Crippen LogP contribution in [-0.2, 0) is 0 Å². The molecule has 1 aliphatic rings. The molecule has 0 amide bonds. The minimum atomic E-state index is -0.0711. The van der Waals surface area contributed by atoms with E-state index in [2.05, 4.69) is 20.1 Å². The number of nitrogens with zero attached hydrogens (tertiary/aromatic N) is 4. The number of hydrogen-bond acceptors (Lipinski definition) is 4. The number of anilines is 1. The molecule has 6 nitrogen and oxygen atoms in total. The standard InChI is InChI=1S/C19H16Cl3N5OS/c20-11-1-4-16-13(9-11)17(18(28)23-16)24-25-19(29)27-7-5-26(6-8-27)12-2-3-14(21)15(22)10-12/h1-4,9-10,23,28H,5-8H2. The third-order valence-electron chi connectivity index (χ3n) is 4.77. The summed E-state index contributed by atoms with van der Waals surface area (Å²) in [5.41, 5.74) is 2.06. The molecule has 0 radical (unpaired) electrons. The van der Waals surface area contributed by atoms with Gasteiger partial charge in [-0.3, -0.25) is 0 Å². The van der Waals surface area contributed by atoms with E-state index in [1.807, 2.05) is 17.0 Å². The smallest absolute Gasteiger partial charge is 0.218 e. The SMILES string of the molecule is Oc1[nH]c2ccc(Cl)cc2c1N=NC(=S)N1CCN(c2ccc(Cl)c(Cl)c2)CC1. The molecule has 2 N–H and O–H groups in total. The molecule has 0 bridgehead atoms. The van der Waals surface area contributed by atoms with Gasteiger partial charge in [0.2, 0.25) is 11.0 Å². The average Bonchev–Trinajstić information content (AvgIpc) is 3.02. The van der Waals surface area contributed by atoms with Crippen LogP contribution >= 0.6 is 47.0 Å². The molecule has 1 aliphatic heterocycles. The summed E-state index contributed by atoms with van der Waals surface area (Å²) in [6, 6.07) is 10.8. The van der Waals surface area contributed by atoms with Gasteiger partial charge in [0.1, 0.15) is 0 Å². The van der Waals surface area contributed by atoms with Gasteiger partial charge in [0.25, 0.3) is 0 Å². The second-order valence-corrected chi connectivity index (χ2v) is 8.18. The van der Waals surface area contributed by atoms with Gasteiger partial charge in [-0.25, -0.2) is 0 Å². The van der Waals surface area contributed by atoms with Crippen LogP contribution < -0.4 is 4.90 Å². The van der Waals surface area contributed by atoms with E-state index < -0.39 is 0 Å². The van der Waals surface area contributed by atoms with Crippen molar-refractivity contribution >= 4 is 74.4 Å². The van der Waals surface area contributed by atoms with Crippen LogP contribution in [0.3, 0.4) is 0 Å². The minimum Gasteiger partial charge on any atom is -0.493 e. The van der Waals surface area contributed by atoms with Crippen molar-refractivity contribution < 1.29 is 5.11 Å². The number of aromatic hydroxyl groups is 1. The number of halogens is 3. The molecule has 10 heteroatoms. The number of rotatable bonds is 2. The van der Waals surface area contributed by atoms with Gasteiger partial charge in [-0.2, -0.15) is 0 Å². The summed E-state index contributed by atoms with van der Waals surface area (Å²) in [5, 5.41) is 21.1. The molecule has 0 saturated carbocycles. The fourth-order valence-corrected chi connectivity index (χ4v) is 3.92. The van der Waals surface area contributed by atoms with Crippen molar-refractivity contribution in [3.63, 3.8) is 0 Å². The molecule has 0 unspecified atom stereocenters. The van der Waals surface area contributed by atoms with Crippen LogP contribution in [0, 0.1) is 0 Å². The Morgan fingerprint density at radius 2 is 1.76 bits per heavy atom. The van der Waals surface area contributed by atoms with Crippen molar-refractivity contribution in [2.75, 3.05) is 31.1 Å². The molecular formula is C19H16Cl3N5OS. The van der Waals surface area contributed by atoms with E-state index in [0.29, 0.717) is 44.3 Å². The molecule has 4 rings (SSSR count). The summed E-state index contributed by atoms with van der Waals surface area (Å²) in [6.45, 7) is 2.93. The van der Waals surface area contributed by atoms with Crippen molar-refractivity contribution in [2.24, 2.45) is 10.2 Å². The van der Waals surface area contributed by atoms with Gasteiger partial charge >= 0.3 is 0 Å². The van der Waals surface area contributed by atoms with Crippen LogP contribution in [0.1, 0.15) is 0 Å². The first-order chi connectivity index (χ1) is 13.9. The third-order valence-corrected chi connectivity index (χ3v) is 6.08. The maximum absolute atomic E-state index is 10.1. The number of fused-ring (bicyclic) bond motifs is 1. The largest absolute Gasteiger partial charge is 0.493 e. The lowest BCUT2D eigenvalue weighted by Crippen LogP contribution is -2.47. The zero-order valence-corrected chi connectivity index (χ0v) is 18.2. The second kappa shape index (κ2) is 8.36. The van der Waals surface area contributed by atoms with Gasteiger partial charge in [0.15, 0.2) is 5.69 Å². The number of aromatic amines is 1. The summed E-state index contributed by atoms with van der Waals surface area (Å²) in [5.74, 6) is -0.0711. The van der Waals surface area contributed by atoms with E-state index in [-0.39, 0.29) is 5.88 Å². The van der Waals surface area contributed by atoms with E-state index in [1.54, 1.807) is 24.3 Å². The summed E-state index contributed by atoms with van der Waals surface area (Å²) < 4.78 is 0. The Morgan fingerprint density at radius 3 is 2.48 bits per heavy atom. The molecule has 1 fully saturated rings. The van der Waals surface area contributed by atoms with E-state index in [1.165, 1.54) is 0 Å². The number of hydrogen-bond donors (Lipinski definition) is 2. The lowest BCUT2D eigenvalue weighted by atomic mass is 10.2. The van der Waals surface area contributed by atoms with Gasteiger partial charge < -0.3 is 19.9 Å². The zero-order chi connectivity index (χ0) is 20.5. The molecule has 150 valence electrons. The molecule has 2 aromatic carbocycles. The fourth-order valence-electron chi connectivity index (χ4n) is 3.23. The fraction of sp³-hybridized carbons (Fsp3) is 0.211. The molecular weight excluding hydrogens is 453 g/mol. The molecule has 29 heavy (non-hydrogen) atoms. The second-order valence-electron chi connectivity index (χ2n) is 6.57. The number of benzene rings is 2.